The van der Waals surface area contributed by atoms with Crippen LogP contribution in [0.25, 0.3) is 0 Å². The SMILES string of the molecule is CNCC(=O)c1cnn(C)c1. The molecule has 0 saturated heterocycles. The van der Waals surface area contributed by atoms with Crippen molar-refractivity contribution in [3.05, 3.63) is 18.0 Å². The van der Waals surface area contributed by atoms with Crippen LogP contribution in [0.4, 0.5) is 0 Å². The van der Waals surface area contributed by atoms with Crippen molar-refractivity contribution in [2.45, 2.75) is 0 Å². The molecular weight excluding hydrogens is 142 g/mol. The molecule has 1 heterocycles. The van der Waals surface area contributed by atoms with E-state index in [0.29, 0.717) is 12.1 Å². The summed E-state index contributed by atoms with van der Waals surface area (Å²) in [6.07, 6.45) is 3.28. The lowest BCUT2D eigenvalue weighted by atomic mass is 10.2. The molecule has 1 aromatic rings. The van der Waals surface area contributed by atoms with Crippen LogP contribution in [0.1, 0.15) is 10.4 Å². The number of ketones is 1. The topological polar surface area (TPSA) is 46.9 Å². The molecule has 4 heteroatoms. The Bertz CT molecular complexity index is 254. The number of aromatic nitrogens is 2. The van der Waals surface area contributed by atoms with Gasteiger partial charge in [-0.3, -0.25) is 9.48 Å². The quantitative estimate of drug-likeness (QED) is 0.613. The molecule has 0 amide bonds. The molecule has 1 N–H and O–H groups in total. The van der Waals surface area contributed by atoms with Crippen molar-refractivity contribution < 1.29 is 4.79 Å². The zero-order valence-corrected chi connectivity index (χ0v) is 6.66. The fraction of sp³-hybridized carbons (Fsp3) is 0.429. The maximum Gasteiger partial charge on any atom is 0.179 e. The number of aryl methyl sites for hydroxylation is 1. The molecule has 0 bridgehead atoms. The molecule has 0 aliphatic heterocycles. The van der Waals surface area contributed by atoms with Crippen LogP contribution in [-0.4, -0.2) is 29.2 Å². The number of carbonyl (C=O) groups excluding carboxylic acids is 1. The first-order chi connectivity index (χ1) is 5.24. The maximum absolute atomic E-state index is 11.1. The molecule has 60 valence electrons. The molecular formula is C7H11N3O. The van der Waals surface area contributed by atoms with Gasteiger partial charge in [-0.05, 0) is 7.05 Å². The Balaban J connectivity index is 2.69. The molecule has 0 radical (unpaired) electrons. The zero-order chi connectivity index (χ0) is 8.27. The monoisotopic (exact) mass is 153 g/mol. The number of hydrogen-bond acceptors (Lipinski definition) is 3. The first kappa shape index (κ1) is 7.94. The van der Waals surface area contributed by atoms with E-state index in [0.717, 1.165) is 0 Å². The van der Waals surface area contributed by atoms with Crippen molar-refractivity contribution in [1.82, 2.24) is 15.1 Å². The van der Waals surface area contributed by atoms with E-state index in [9.17, 15) is 4.79 Å². The van der Waals surface area contributed by atoms with Gasteiger partial charge in [0.1, 0.15) is 0 Å². The zero-order valence-electron chi connectivity index (χ0n) is 6.66. The summed E-state index contributed by atoms with van der Waals surface area (Å²) in [6, 6.07) is 0. The van der Waals surface area contributed by atoms with Crippen LogP contribution in [0.5, 0.6) is 0 Å². The highest BCUT2D eigenvalue weighted by Crippen LogP contribution is 1.95. The van der Waals surface area contributed by atoms with Gasteiger partial charge >= 0.3 is 0 Å². The summed E-state index contributed by atoms with van der Waals surface area (Å²) in [5, 5.41) is 6.68. The van der Waals surface area contributed by atoms with Crippen molar-refractivity contribution in [2.24, 2.45) is 7.05 Å². The number of nitrogens with zero attached hydrogens (tertiary/aromatic N) is 2. The Kier molecular flexibility index (Phi) is 2.38. The summed E-state index contributed by atoms with van der Waals surface area (Å²) < 4.78 is 1.61. The Labute approximate surface area is 65.2 Å². The first-order valence-corrected chi connectivity index (χ1v) is 3.40. The molecule has 0 aliphatic rings. The van der Waals surface area contributed by atoms with Crippen molar-refractivity contribution >= 4 is 5.78 Å². The predicted molar refractivity (Wildman–Crippen MR) is 41.5 cm³/mol. The summed E-state index contributed by atoms with van der Waals surface area (Å²) in [5.74, 6) is 0.0700. The van der Waals surface area contributed by atoms with Gasteiger partial charge in [0.2, 0.25) is 0 Å². The van der Waals surface area contributed by atoms with E-state index in [1.807, 2.05) is 0 Å². The highest BCUT2D eigenvalue weighted by molar-refractivity contribution is 5.97. The summed E-state index contributed by atoms with van der Waals surface area (Å²) in [7, 11) is 3.53. The molecule has 0 aromatic carbocycles. The van der Waals surface area contributed by atoms with Crippen LogP contribution in [0.3, 0.4) is 0 Å². The van der Waals surface area contributed by atoms with Gasteiger partial charge in [0.15, 0.2) is 5.78 Å². The Morgan fingerprint density at radius 1 is 1.82 bits per heavy atom. The van der Waals surface area contributed by atoms with E-state index in [1.54, 1.807) is 31.2 Å². The van der Waals surface area contributed by atoms with E-state index < -0.39 is 0 Å². The van der Waals surface area contributed by atoms with Gasteiger partial charge in [0.25, 0.3) is 0 Å². The number of rotatable bonds is 3. The second-order valence-corrected chi connectivity index (χ2v) is 2.36. The summed E-state index contributed by atoms with van der Waals surface area (Å²) in [4.78, 5) is 11.1. The van der Waals surface area contributed by atoms with Crippen LogP contribution in [0.2, 0.25) is 0 Å². The van der Waals surface area contributed by atoms with Gasteiger partial charge in [0.05, 0.1) is 18.3 Å². The smallest absolute Gasteiger partial charge is 0.179 e. The van der Waals surface area contributed by atoms with E-state index in [4.69, 9.17) is 0 Å². The molecule has 0 spiro atoms. The number of Topliss-reactive ketones (excluding diaryl/α,β-unsaturated/α-hetero) is 1. The lowest BCUT2D eigenvalue weighted by Gasteiger charge is -1.92. The largest absolute Gasteiger partial charge is 0.313 e. The normalized spacial score (nSPS) is 10.0. The fourth-order valence-corrected chi connectivity index (χ4v) is 0.828. The molecule has 0 atom stereocenters. The Morgan fingerprint density at radius 3 is 3.00 bits per heavy atom. The molecule has 11 heavy (non-hydrogen) atoms. The second-order valence-electron chi connectivity index (χ2n) is 2.36. The first-order valence-electron chi connectivity index (χ1n) is 3.40. The van der Waals surface area contributed by atoms with E-state index >= 15 is 0 Å². The Hall–Kier alpha value is -1.16. The van der Waals surface area contributed by atoms with Gasteiger partial charge in [-0.2, -0.15) is 5.10 Å². The van der Waals surface area contributed by atoms with Crippen molar-refractivity contribution in [3.63, 3.8) is 0 Å². The van der Waals surface area contributed by atoms with E-state index in [-0.39, 0.29) is 5.78 Å². The Morgan fingerprint density at radius 2 is 2.55 bits per heavy atom. The van der Waals surface area contributed by atoms with Crippen molar-refractivity contribution in [1.29, 1.82) is 0 Å². The summed E-state index contributed by atoms with van der Waals surface area (Å²) in [6.45, 7) is 0.367. The standard InChI is InChI=1S/C7H11N3O/c1-8-4-7(11)6-3-9-10(2)5-6/h3,5,8H,4H2,1-2H3. The minimum absolute atomic E-state index is 0.0700. The molecule has 1 rings (SSSR count). The maximum atomic E-state index is 11.1. The highest BCUT2D eigenvalue weighted by Gasteiger charge is 2.04. The molecule has 0 aliphatic carbocycles. The minimum atomic E-state index is 0.0700. The molecule has 0 unspecified atom stereocenters. The predicted octanol–water partition coefficient (Wildman–Crippen LogP) is -0.178. The van der Waals surface area contributed by atoms with E-state index in [2.05, 4.69) is 10.4 Å². The fourth-order valence-electron chi connectivity index (χ4n) is 0.828. The minimum Gasteiger partial charge on any atom is -0.313 e. The van der Waals surface area contributed by atoms with Crippen LogP contribution in [0.15, 0.2) is 12.4 Å². The van der Waals surface area contributed by atoms with Crippen molar-refractivity contribution in [2.75, 3.05) is 13.6 Å². The van der Waals surface area contributed by atoms with Crippen molar-refractivity contribution in [3.8, 4) is 0 Å². The van der Waals surface area contributed by atoms with Gasteiger partial charge in [0, 0.05) is 13.2 Å². The third-order valence-electron chi connectivity index (χ3n) is 1.36. The molecule has 4 nitrogen and oxygen atoms in total. The van der Waals surface area contributed by atoms with Gasteiger partial charge < -0.3 is 5.32 Å². The van der Waals surface area contributed by atoms with Crippen LogP contribution < -0.4 is 5.32 Å². The average molecular weight is 153 g/mol. The summed E-state index contributed by atoms with van der Waals surface area (Å²) >= 11 is 0. The second kappa shape index (κ2) is 3.30. The highest BCUT2D eigenvalue weighted by atomic mass is 16.1. The van der Waals surface area contributed by atoms with Gasteiger partial charge in [-0.25, -0.2) is 0 Å². The lowest BCUT2D eigenvalue weighted by molar-refractivity contribution is 0.0993. The van der Waals surface area contributed by atoms with E-state index in [1.165, 1.54) is 0 Å². The molecule has 0 fully saturated rings. The van der Waals surface area contributed by atoms with Crippen LogP contribution in [0, 0.1) is 0 Å². The molecule has 1 aromatic heterocycles. The molecule has 0 saturated carbocycles. The van der Waals surface area contributed by atoms with Crippen LogP contribution >= 0.6 is 0 Å². The number of carbonyl (C=O) groups is 1. The third kappa shape index (κ3) is 1.88. The van der Waals surface area contributed by atoms with Crippen LogP contribution in [-0.2, 0) is 7.05 Å². The number of nitrogens with one attached hydrogen (secondary N) is 1. The number of likely N-dealkylation sites (N-methyl/N-ethyl adjacent to an activating group) is 1. The average Bonchev–Trinajstić information content (AvgIpc) is 2.36. The summed E-state index contributed by atoms with van der Waals surface area (Å²) in [5.41, 5.74) is 0.654. The third-order valence-corrected chi connectivity index (χ3v) is 1.36. The lowest BCUT2D eigenvalue weighted by Crippen LogP contribution is -2.17. The number of hydrogen-bond donors (Lipinski definition) is 1. The van der Waals surface area contributed by atoms with Gasteiger partial charge in [-0.15, -0.1) is 0 Å². The van der Waals surface area contributed by atoms with Gasteiger partial charge in [-0.1, -0.05) is 0 Å².